The van der Waals surface area contributed by atoms with E-state index >= 15 is 0 Å². The van der Waals surface area contributed by atoms with E-state index in [4.69, 9.17) is 21.7 Å². The van der Waals surface area contributed by atoms with Crippen molar-refractivity contribution in [3.8, 4) is 0 Å². The van der Waals surface area contributed by atoms with Crippen molar-refractivity contribution < 1.29 is 14.3 Å². The van der Waals surface area contributed by atoms with Gasteiger partial charge in [0.15, 0.2) is 5.11 Å². The third-order valence-corrected chi connectivity index (χ3v) is 5.75. The van der Waals surface area contributed by atoms with Gasteiger partial charge in [0.1, 0.15) is 6.54 Å². The molecule has 29 heavy (non-hydrogen) atoms. The number of ether oxygens (including phenoxy) is 2. The third kappa shape index (κ3) is 4.28. The molecule has 2 fully saturated rings. The van der Waals surface area contributed by atoms with Crippen LogP contribution in [0.25, 0.3) is 0 Å². The second-order valence-corrected chi connectivity index (χ2v) is 7.67. The van der Waals surface area contributed by atoms with Crippen LogP contribution in [-0.4, -0.2) is 51.4 Å². The van der Waals surface area contributed by atoms with Gasteiger partial charge in [-0.2, -0.15) is 0 Å². The summed E-state index contributed by atoms with van der Waals surface area (Å²) in [5.41, 5.74) is 1.96. The monoisotopic (exact) mass is 414 g/mol. The normalized spacial score (nSPS) is 24.0. The molecule has 3 atom stereocenters. The Morgan fingerprint density at radius 1 is 1.38 bits per heavy atom. The Morgan fingerprint density at radius 2 is 2.28 bits per heavy atom. The Bertz CT molecular complexity index is 851. The molecular formula is C21H26N4O3S. The molecule has 2 aromatic rings. The zero-order valence-electron chi connectivity index (χ0n) is 16.5. The lowest BCUT2D eigenvalue weighted by molar-refractivity contribution is -0.143. The van der Waals surface area contributed by atoms with E-state index < -0.39 is 0 Å². The van der Waals surface area contributed by atoms with Crippen LogP contribution in [0.15, 0.2) is 42.7 Å². The van der Waals surface area contributed by atoms with E-state index in [-0.39, 0.29) is 30.7 Å². The van der Waals surface area contributed by atoms with Gasteiger partial charge in [-0.05, 0) is 56.2 Å². The maximum atomic E-state index is 12.3. The molecule has 0 unspecified atom stereocenters. The molecule has 4 heterocycles. The lowest BCUT2D eigenvalue weighted by Crippen LogP contribution is -2.36. The number of nitrogens with one attached hydrogen (secondary N) is 1. The fraction of sp³-hybridized carbons (Fsp3) is 0.476. The van der Waals surface area contributed by atoms with E-state index in [2.05, 4.69) is 27.1 Å². The van der Waals surface area contributed by atoms with Crippen LogP contribution < -0.4 is 5.32 Å². The van der Waals surface area contributed by atoms with Gasteiger partial charge in [0, 0.05) is 31.2 Å². The fourth-order valence-electron chi connectivity index (χ4n) is 4.11. The third-order valence-electron chi connectivity index (χ3n) is 5.39. The zero-order chi connectivity index (χ0) is 20.2. The summed E-state index contributed by atoms with van der Waals surface area (Å²) in [6.45, 7) is 3.85. The van der Waals surface area contributed by atoms with Crippen molar-refractivity contribution in [3.63, 3.8) is 0 Å². The Kier molecular flexibility index (Phi) is 6.10. The molecule has 7 nitrogen and oxygen atoms in total. The van der Waals surface area contributed by atoms with Gasteiger partial charge in [-0.3, -0.25) is 9.78 Å². The molecular weight excluding hydrogens is 388 g/mol. The van der Waals surface area contributed by atoms with E-state index in [9.17, 15) is 4.79 Å². The first-order valence-corrected chi connectivity index (χ1v) is 10.5. The van der Waals surface area contributed by atoms with E-state index in [1.807, 2.05) is 29.2 Å². The van der Waals surface area contributed by atoms with Crippen molar-refractivity contribution in [1.29, 1.82) is 0 Å². The summed E-state index contributed by atoms with van der Waals surface area (Å²) >= 11 is 5.60. The number of carbonyl (C=O) groups excluding carboxylic acids is 1. The van der Waals surface area contributed by atoms with Gasteiger partial charge in [0.25, 0.3) is 0 Å². The smallest absolute Gasteiger partial charge is 0.325 e. The number of thiocarbonyl (C=S) groups is 1. The quantitative estimate of drug-likeness (QED) is 0.552. The van der Waals surface area contributed by atoms with Gasteiger partial charge in [-0.15, -0.1) is 0 Å². The number of nitrogens with zero attached hydrogens (tertiary/aromatic N) is 3. The van der Waals surface area contributed by atoms with Gasteiger partial charge >= 0.3 is 5.97 Å². The molecule has 8 heteroatoms. The standard InChI is InChI=1S/C21H26N4O3S/c1-2-27-18(26)14-25-20(19(23-21(25)29)16-8-3-4-10-22-16)17-9-5-11-24(17)13-15-7-6-12-28-15/h3-5,8-11,15,19-20H,2,6-7,12-14H2,1H3,(H,23,29)/t15-,19-,20-/m0/s1. The number of hydrogen-bond acceptors (Lipinski definition) is 5. The summed E-state index contributed by atoms with van der Waals surface area (Å²) in [6.07, 6.45) is 6.22. The van der Waals surface area contributed by atoms with Crippen molar-refractivity contribution in [2.24, 2.45) is 0 Å². The highest BCUT2D eigenvalue weighted by atomic mass is 32.1. The van der Waals surface area contributed by atoms with Crippen LogP contribution in [0.5, 0.6) is 0 Å². The number of carbonyl (C=O) groups is 1. The molecule has 0 bridgehead atoms. The number of pyridine rings is 1. The Balaban J connectivity index is 1.67. The predicted octanol–water partition coefficient (Wildman–Crippen LogP) is 2.60. The zero-order valence-corrected chi connectivity index (χ0v) is 17.3. The topological polar surface area (TPSA) is 68.6 Å². The maximum absolute atomic E-state index is 12.3. The van der Waals surface area contributed by atoms with Crippen LogP contribution in [0.4, 0.5) is 0 Å². The van der Waals surface area contributed by atoms with Gasteiger partial charge in [-0.25, -0.2) is 0 Å². The minimum Gasteiger partial charge on any atom is -0.465 e. The second-order valence-electron chi connectivity index (χ2n) is 7.28. The molecule has 154 valence electrons. The molecule has 0 spiro atoms. The van der Waals surface area contributed by atoms with Crippen LogP contribution in [0.3, 0.4) is 0 Å². The van der Waals surface area contributed by atoms with Gasteiger partial charge in [0.05, 0.1) is 30.5 Å². The SMILES string of the molecule is CCOC(=O)CN1C(=S)N[C@@H](c2ccccn2)[C@@H]1c1cccn1C[C@@H]1CCCO1. The van der Waals surface area contributed by atoms with Crippen molar-refractivity contribution in [1.82, 2.24) is 19.8 Å². The summed E-state index contributed by atoms with van der Waals surface area (Å²) < 4.78 is 13.2. The largest absolute Gasteiger partial charge is 0.465 e. The van der Waals surface area contributed by atoms with Crippen LogP contribution in [-0.2, 0) is 20.8 Å². The average molecular weight is 415 g/mol. The molecule has 0 aromatic carbocycles. The number of aromatic nitrogens is 2. The first-order chi connectivity index (χ1) is 14.2. The Morgan fingerprint density at radius 3 is 3.00 bits per heavy atom. The van der Waals surface area contributed by atoms with E-state index in [0.29, 0.717) is 11.7 Å². The molecule has 1 N–H and O–H groups in total. The second kappa shape index (κ2) is 8.92. The highest BCUT2D eigenvalue weighted by Crippen LogP contribution is 2.38. The van der Waals surface area contributed by atoms with Gasteiger partial charge in [-0.1, -0.05) is 6.07 Å². The highest BCUT2D eigenvalue weighted by Gasteiger charge is 2.42. The number of esters is 1. The Labute approximate surface area is 176 Å². The summed E-state index contributed by atoms with van der Waals surface area (Å²) in [5, 5.41) is 3.90. The lowest BCUT2D eigenvalue weighted by atomic mass is 10.0. The summed E-state index contributed by atoms with van der Waals surface area (Å²) in [6, 6.07) is 9.63. The molecule has 4 rings (SSSR count). The van der Waals surface area contributed by atoms with Crippen molar-refractivity contribution in [3.05, 3.63) is 54.1 Å². The Hall–Kier alpha value is -2.45. The summed E-state index contributed by atoms with van der Waals surface area (Å²) in [7, 11) is 0. The van der Waals surface area contributed by atoms with Crippen molar-refractivity contribution >= 4 is 23.3 Å². The van der Waals surface area contributed by atoms with Crippen molar-refractivity contribution in [2.75, 3.05) is 19.8 Å². The van der Waals surface area contributed by atoms with Crippen LogP contribution in [0.2, 0.25) is 0 Å². The molecule has 0 radical (unpaired) electrons. The molecule has 2 aromatic heterocycles. The first kappa shape index (κ1) is 19.8. The molecule has 0 amide bonds. The summed E-state index contributed by atoms with van der Waals surface area (Å²) in [5.74, 6) is -0.291. The molecule has 2 aliphatic rings. The van der Waals surface area contributed by atoms with E-state index in [1.54, 1.807) is 13.1 Å². The van der Waals surface area contributed by atoms with Gasteiger partial charge in [0.2, 0.25) is 0 Å². The first-order valence-electron chi connectivity index (χ1n) is 10.1. The van der Waals surface area contributed by atoms with Crippen LogP contribution >= 0.6 is 12.2 Å². The van der Waals surface area contributed by atoms with Crippen molar-refractivity contribution in [2.45, 2.75) is 44.5 Å². The fourth-order valence-corrected chi connectivity index (χ4v) is 4.42. The molecule has 2 aliphatic heterocycles. The number of hydrogen-bond donors (Lipinski definition) is 1. The number of rotatable bonds is 7. The molecule has 0 aliphatic carbocycles. The highest BCUT2D eigenvalue weighted by molar-refractivity contribution is 7.80. The molecule has 2 saturated heterocycles. The van der Waals surface area contributed by atoms with E-state index in [0.717, 1.165) is 37.4 Å². The minimum atomic E-state index is -0.291. The van der Waals surface area contributed by atoms with Crippen LogP contribution in [0, 0.1) is 0 Å². The summed E-state index contributed by atoms with van der Waals surface area (Å²) in [4.78, 5) is 18.7. The molecule has 0 saturated carbocycles. The predicted molar refractivity (Wildman–Crippen MR) is 112 cm³/mol. The lowest BCUT2D eigenvalue weighted by Gasteiger charge is -2.28. The van der Waals surface area contributed by atoms with Crippen LogP contribution in [0.1, 0.15) is 43.2 Å². The van der Waals surface area contributed by atoms with E-state index in [1.165, 1.54) is 0 Å². The minimum absolute atomic E-state index is 0.0960. The maximum Gasteiger partial charge on any atom is 0.325 e. The average Bonchev–Trinajstić information content (AvgIpc) is 3.45. The van der Waals surface area contributed by atoms with Gasteiger partial charge < -0.3 is 24.3 Å².